The van der Waals surface area contributed by atoms with Gasteiger partial charge in [0.2, 0.25) is 5.13 Å². The third-order valence-corrected chi connectivity index (χ3v) is 4.31. The fraction of sp³-hybridized carbons (Fsp3) is 0.818. The zero-order valence-electron chi connectivity index (χ0n) is 10.0. The predicted molar refractivity (Wildman–Crippen MR) is 67.8 cm³/mol. The second kappa shape index (κ2) is 5.10. The minimum atomic E-state index is 0.450. The maximum Gasteiger partial charge on any atom is 0.208 e. The normalized spacial score (nSPS) is 26.1. The van der Waals surface area contributed by atoms with Crippen molar-refractivity contribution >= 4 is 16.5 Å². The maximum absolute atomic E-state index is 5.87. The van der Waals surface area contributed by atoms with E-state index in [1.807, 2.05) is 6.92 Å². The Morgan fingerprint density at radius 1 is 1.50 bits per heavy atom. The van der Waals surface area contributed by atoms with Crippen molar-refractivity contribution in [2.24, 2.45) is 11.7 Å². The van der Waals surface area contributed by atoms with E-state index in [4.69, 9.17) is 5.73 Å². The molecule has 0 spiro atoms. The predicted octanol–water partition coefficient (Wildman–Crippen LogP) is 1.80. The number of hydrogen-bond acceptors (Lipinski definition) is 5. The van der Waals surface area contributed by atoms with Crippen LogP contribution in [0.1, 0.15) is 31.2 Å². The van der Waals surface area contributed by atoms with Gasteiger partial charge in [-0.2, -0.15) is 0 Å². The number of piperidine rings is 1. The summed E-state index contributed by atoms with van der Waals surface area (Å²) in [7, 11) is 0. The molecule has 1 fully saturated rings. The molecule has 0 radical (unpaired) electrons. The van der Waals surface area contributed by atoms with E-state index in [-0.39, 0.29) is 0 Å². The number of hydrogen-bond donors (Lipinski definition) is 1. The van der Waals surface area contributed by atoms with Crippen LogP contribution in [0.4, 0.5) is 5.13 Å². The molecule has 0 aromatic carbocycles. The Bertz CT molecular complexity index is 338. The number of aryl methyl sites for hydroxylation is 1. The first-order valence-electron chi connectivity index (χ1n) is 6.01. The summed E-state index contributed by atoms with van der Waals surface area (Å²) in [6.45, 7) is 6.06. The van der Waals surface area contributed by atoms with Crippen molar-refractivity contribution in [2.45, 2.75) is 39.2 Å². The Balaban J connectivity index is 2.09. The molecule has 16 heavy (non-hydrogen) atoms. The van der Waals surface area contributed by atoms with Crippen molar-refractivity contribution in [3.8, 4) is 0 Å². The van der Waals surface area contributed by atoms with Gasteiger partial charge in [-0.25, -0.2) is 0 Å². The molecule has 2 N–H and O–H groups in total. The van der Waals surface area contributed by atoms with E-state index < -0.39 is 0 Å². The molecule has 1 saturated heterocycles. The van der Waals surface area contributed by atoms with Gasteiger partial charge in [-0.15, -0.1) is 10.2 Å². The minimum Gasteiger partial charge on any atom is -0.342 e. The summed E-state index contributed by atoms with van der Waals surface area (Å²) in [6.07, 6.45) is 3.72. The van der Waals surface area contributed by atoms with E-state index in [2.05, 4.69) is 22.0 Å². The summed E-state index contributed by atoms with van der Waals surface area (Å²) in [5.74, 6) is 0.832. The summed E-state index contributed by atoms with van der Waals surface area (Å²) >= 11 is 1.67. The molecule has 1 aromatic rings. The molecular weight excluding hydrogens is 220 g/mol. The lowest BCUT2D eigenvalue weighted by atomic mass is 9.89. The van der Waals surface area contributed by atoms with Gasteiger partial charge < -0.3 is 10.6 Å². The first kappa shape index (κ1) is 11.8. The van der Waals surface area contributed by atoms with Gasteiger partial charge >= 0.3 is 0 Å². The van der Waals surface area contributed by atoms with Crippen LogP contribution in [0.25, 0.3) is 0 Å². The summed E-state index contributed by atoms with van der Waals surface area (Å²) in [5, 5.41) is 10.4. The lowest BCUT2D eigenvalue weighted by Gasteiger charge is -2.38. The lowest BCUT2D eigenvalue weighted by Crippen LogP contribution is -2.46. The molecule has 2 heterocycles. The SMILES string of the molecule is CCC1CCN(c2nnc(C)s2)C(CN)C1. The molecule has 0 bridgehead atoms. The fourth-order valence-electron chi connectivity index (χ4n) is 2.38. The van der Waals surface area contributed by atoms with Gasteiger partial charge in [-0.05, 0) is 25.7 Å². The standard InChI is InChI=1S/C11H20N4S/c1-3-9-4-5-15(10(6-9)7-12)11-14-13-8(2)16-11/h9-10H,3-7,12H2,1-2H3. The number of anilines is 1. The highest BCUT2D eigenvalue weighted by Gasteiger charge is 2.28. The Morgan fingerprint density at radius 2 is 2.31 bits per heavy atom. The maximum atomic E-state index is 5.87. The molecule has 1 aliphatic rings. The molecule has 0 amide bonds. The first-order valence-corrected chi connectivity index (χ1v) is 6.83. The molecule has 2 rings (SSSR count). The van der Waals surface area contributed by atoms with E-state index in [0.717, 1.165) is 29.1 Å². The van der Waals surface area contributed by atoms with Gasteiger partial charge in [0, 0.05) is 19.1 Å². The van der Waals surface area contributed by atoms with E-state index in [1.54, 1.807) is 11.3 Å². The summed E-state index contributed by atoms with van der Waals surface area (Å²) < 4.78 is 0. The van der Waals surface area contributed by atoms with Crippen LogP contribution in [0.2, 0.25) is 0 Å². The third-order valence-electron chi connectivity index (χ3n) is 3.43. The van der Waals surface area contributed by atoms with Crippen LogP contribution in [0.15, 0.2) is 0 Å². The first-order chi connectivity index (χ1) is 7.74. The quantitative estimate of drug-likeness (QED) is 0.875. The van der Waals surface area contributed by atoms with Gasteiger partial charge in [-0.3, -0.25) is 0 Å². The van der Waals surface area contributed by atoms with E-state index >= 15 is 0 Å². The number of nitrogens with two attached hydrogens (primary N) is 1. The van der Waals surface area contributed by atoms with Gasteiger partial charge in [0.05, 0.1) is 0 Å². The Kier molecular flexibility index (Phi) is 3.76. The molecule has 2 unspecified atom stereocenters. The van der Waals surface area contributed by atoms with Gasteiger partial charge in [0.1, 0.15) is 5.01 Å². The number of aromatic nitrogens is 2. The van der Waals surface area contributed by atoms with Crippen molar-refractivity contribution in [1.29, 1.82) is 0 Å². The van der Waals surface area contributed by atoms with Crippen LogP contribution in [0.3, 0.4) is 0 Å². The van der Waals surface area contributed by atoms with Gasteiger partial charge in [0.25, 0.3) is 0 Å². The highest BCUT2D eigenvalue weighted by Crippen LogP contribution is 2.30. The van der Waals surface area contributed by atoms with Crippen LogP contribution in [-0.4, -0.2) is 29.3 Å². The fourth-order valence-corrected chi connectivity index (χ4v) is 3.17. The Morgan fingerprint density at radius 3 is 2.88 bits per heavy atom. The zero-order chi connectivity index (χ0) is 11.5. The number of rotatable bonds is 3. The molecule has 5 heteroatoms. The Hall–Kier alpha value is -0.680. The third kappa shape index (κ3) is 2.35. The smallest absolute Gasteiger partial charge is 0.208 e. The Labute approximate surface area is 101 Å². The molecular formula is C11H20N4S. The zero-order valence-corrected chi connectivity index (χ0v) is 10.8. The average Bonchev–Trinajstić information content (AvgIpc) is 2.74. The molecule has 4 nitrogen and oxygen atoms in total. The summed E-state index contributed by atoms with van der Waals surface area (Å²) in [6, 6.07) is 0.450. The van der Waals surface area contributed by atoms with Crippen LogP contribution in [0.5, 0.6) is 0 Å². The van der Waals surface area contributed by atoms with Gasteiger partial charge in [-0.1, -0.05) is 24.7 Å². The van der Waals surface area contributed by atoms with Crippen LogP contribution < -0.4 is 10.6 Å². The van der Waals surface area contributed by atoms with Crippen LogP contribution >= 0.6 is 11.3 Å². The second-order valence-electron chi connectivity index (χ2n) is 4.49. The molecule has 1 aromatic heterocycles. The highest BCUT2D eigenvalue weighted by atomic mass is 32.1. The second-order valence-corrected chi connectivity index (χ2v) is 5.65. The lowest BCUT2D eigenvalue weighted by molar-refractivity contribution is 0.335. The highest BCUT2D eigenvalue weighted by molar-refractivity contribution is 7.15. The van der Waals surface area contributed by atoms with Crippen molar-refractivity contribution in [3.05, 3.63) is 5.01 Å². The monoisotopic (exact) mass is 240 g/mol. The molecule has 0 aliphatic carbocycles. The van der Waals surface area contributed by atoms with Gasteiger partial charge in [0.15, 0.2) is 0 Å². The van der Waals surface area contributed by atoms with E-state index in [1.165, 1.54) is 19.3 Å². The minimum absolute atomic E-state index is 0.450. The van der Waals surface area contributed by atoms with Crippen LogP contribution in [0, 0.1) is 12.8 Å². The molecule has 0 saturated carbocycles. The van der Waals surface area contributed by atoms with E-state index in [9.17, 15) is 0 Å². The van der Waals surface area contributed by atoms with Crippen LogP contribution in [-0.2, 0) is 0 Å². The topological polar surface area (TPSA) is 55.0 Å². The molecule has 90 valence electrons. The molecule has 1 aliphatic heterocycles. The average molecular weight is 240 g/mol. The molecule has 2 atom stereocenters. The van der Waals surface area contributed by atoms with Crippen molar-refractivity contribution < 1.29 is 0 Å². The summed E-state index contributed by atoms with van der Waals surface area (Å²) in [4.78, 5) is 2.34. The summed E-state index contributed by atoms with van der Waals surface area (Å²) in [5.41, 5.74) is 5.87. The van der Waals surface area contributed by atoms with E-state index in [0.29, 0.717) is 6.04 Å². The van der Waals surface area contributed by atoms with Crippen molar-refractivity contribution in [2.75, 3.05) is 18.0 Å². The largest absolute Gasteiger partial charge is 0.342 e. The number of nitrogens with zero attached hydrogens (tertiary/aromatic N) is 3. The van der Waals surface area contributed by atoms with Crippen molar-refractivity contribution in [1.82, 2.24) is 10.2 Å². The van der Waals surface area contributed by atoms with Crippen molar-refractivity contribution in [3.63, 3.8) is 0 Å².